The summed E-state index contributed by atoms with van der Waals surface area (Å²) in [6.45, 7) is 0. The van der Waals surface area contributed by atoms with E-state index < -0.39 is 10.7 Å². The highest BCUT2D eigenvalue weighted by Gasteiger charge is 2.18. The molecule has 1 fully saturated rings. The Morgan fingerprint density at radius 3 is 2.62 bits per heavy atom. The largest absolute Gasteiger partial charge is 0.324 e. The smallest absolute Gasteiger partial charge is 0.257 e. The van der Waals surface area contributed by atoms with Gasteiger partial charge in [0.2, 0.25) is 0 Å². The highest BCUT2D eigenvalue weighted by Crippen LogP contribution is 2.28. The molecule has 0 unspecified atom stereocenters. The molecule has 21 heavy (non-hydrogen) atoms. The van der Waals surface area contributed by atoms with E-state index in [2.05, 4.69) is 15.5 Å². The highest BCUT2D eigenvalue weighted by molar-refractivity contribution is 6.54. The van der Waals surface area contributed by atoms with Gasteiger partial charge < -0.3 is 5.32 Å². The van der Waals surface area contributed by atoms with Gasteiger partial charge in [0.15, 0.2) is 4.84 Å². The van der Waals surface area contributed by atoms with Gasteiger partial charge in [0, 0.05) is 5.69 Å². The minimum Gasteiger partial charge on any atom is -0.324 e. The summed E-state index contributed by atoms with van der Waals surface area (Å²) < 4.78 is 0. The van der Waals surface area contributed by atoms with Crippen molar-refractivity contribution in [1.82, 2.24) is 15.0 Å². The number of carbonyl (C=O) groups excluding carboxylic acids is 1. The minimum absolute atomic E-state index is 0.388. The SMILES string of the molecule is O=C(Nc1ccc2nn(C3CCCCC3)nc2c1)C(Cl)Cl. The number of alkyl halides is 2. The van der Waals surface area contributed by atoms with Crippen LogP contribution in [-0.2, 0) is 4.79 Å². The number of anilines is 1. The third-order valence-corrected chi connectivity index (χ3v) is 4.16. The Hall–Kier alpha value is -1.33. The molecule has 0 radical (unpaired) electrons. The predicted molar refractivity (Wildman–Crippen MR) is 83.8 cm³/mol. The van der Waals surface area contributed by atoms with Gasteiger partial charge in [0.05, 0.1) is 6.04 Å². The Morgan fingerprint density at radius 2 is 1.90 bits per heavy atom. The molecular weight excluding hydrogens is 311 g/mol. The first-order valence-corrected chi connectivity index (χ1v) is 7.96. The van der Waals surface area contributed by atoms with Crippen LogP contribution in [0.25, 0.3) is 11.0 Å². The molecular formula is C14H16Cl2N4O. The van der Waals surface area contributed by atoms with E-state index in [1.807, 2.05) is 10.9 Å². The zero-order chi connectivity index (χ0) is 14.8. The second-order valence-electron chi connectivity index (χ2n) is 5.31. The fourth-order valence-corrected chi connectivity index (χ4v) is 2.79. The molecule has 1 aromatic heterocycles. The van der Waals surface area contributed by atoms with Gasteiger partial charge in [0.25, 0.3) is 5.91 Å². The molecule has 0 aliphatic heterocycles. The van der Waals surface area contributed by atoms with Crippen LogP contribution in [0.1, 0.15) is 38.1 Å². The first kappa shape index (κ1) is 14.6. The van der Waals surface area contributed by atoms with Crippen molar-refractivity contribution < 1.29 is 4.79 Å². The van der Waals surface area contributed by atoms with E-state index >= 15 is 0 Å². The summed E-state index contributed by atoms with van der Waals surface area (Å²) in [5, 5.41) is 11.7. The molecule has 1 aromatic carbocycles. The summed E-state index contributed by atoms with van der Waals surface area (Å²) in [5.74, 6) is -0.447. The quantitative estimate of drug-likeness (QED) is 0.875. The Balaban J connectivity index is 1.82. The maximum Gasteiger partial charge on any atom is 0.257 e. The van der Waals surface area contributed by atoms with Crippen LogP contribution in [0.3, 0.4) is 0 Å². The lowest BCUT2D eigenvalue weighted by atomic mass is 9.96. The lowest BCUT2D eigenvalue weighted by Crippen LogP contribution is -2.18. The topological polar surface area (TPSA) is 59.8 Å². The van der Waals surface area contributed by atoms with Crippen molar-refractivity contribution in [3.8, 4) is 0 Å². The Bertz CT molecular complexity index is 649. The average Bonchev–Trinajstić information content (AvgIpc) is 2.91. The molecule has 0 bridgehead atoms. The van der Waals surface area contributed by atoms with Gasteiger partial charge in [-0.1, -0.05) is 42.5 Å². The fourth-order valence-electron chi connectivity index (χ4n) is 2.68. The number of nitrogens with zero attached hydrogens (tertiary/aromatic N) is 3. The normalized spacial score (nSPS) is 16.5. The second kappa shape index (κ2) is 6.20. The molecule has 0 saturated heterocycles. The number of hydrogen-bond donors (Lipinski definition) is 1. The number of nitrogens with one attached hydrogen (secondary N) is 1. The zero-order valence-corrected chi connectivity index (χ0v) is 12.9. The molecule has 0 atom stereocenters. The molecule has 1 N–H and O–H groups in total. The first-order chi connectivity index (χ1) is 10.1. The Morgan fingerprint density at radius 1 is 1.19 bits per heavy atom. The van der Waals surface area contributed by atoms with Crippen LogP contribution < -0.4 is 5.32 Å². The van der Waals surface area contributed by atoms with Crippen LogP contribution in [0.4, 0.5) is 5.69 Å². The summed E-state index contributed by atoms with van der Waals surface area (Å²) in [4.78, 5) is 12.2. The lowest BCUT2D eigenvalue weighted by molar-refractivity contribution is -0.114. The van der Waals surface area contributed by atoms with E-state index in [0.717, 1.165) is 23.9 Å². The van der Waals surface area contributed by atoms with Gasteiger partial charge in [-0.05, 0) is 31.0 Å². The maximum absolute atomic E-state index is 11.5. The Labute approximate surface area is 132 Å². The highest BCUT2D eigenvalue weighted by atomic mass is 35.5. The second-order valence-corrected chi connectivity index (χ2v) is 6.40. The van der Waals surface area contributed by atoms with E-state index in [4.69, 9.17) is 23.2 Å². The summed E-state index contributed by atoms with van der Waals surface area (Å²) in [6, 6.07) is 5.79. The van der Waals surface area contributed by atoms with E-state index in [0.29, 0.717) is 11.7 Å². The van der Waals surface area contributed by atoms with E-state index in [1.165, 1.54) is 19.3 Å². The molecule has 1 heterocycles. The number of carbonyl (C=O) groups is 1. The third-order valence-electron chi connectivity index (χ3n) is 3.76. The van der Waals surface area contributed by atoms with Crippen molar-refractivity contribution in [2.24, 2.45) is 0 Å². The minimum atomic E-state index is -1.08. The number of fused-ring (bicyclic) bond motifs is 1. The summed E-state index contributed by atoms with van der Waals surface area (Å²) >= 11 is 11.0. The third kappa shape index (κ3) is 3.30. The molecule has 1 aliphatic rings. The molecule has 3 rings (SSSR count). The molecule has 7 heteroatoms. The molecule has 5 nitrogen and oxygen atoms in total. The van der Waals surface area contributed by atoms with E-state index in [-0.39, 0.29) is 0 Å². The standard InChI is InChI=1S/C14H16Cl2N4O/c15-13(16)14(21)17-9-6-7-11-12(8-9)19-20(18-11)10-4-2-1-3-5-10/h6-8,10,13H,1-5H2,(H,17,21). The van der Waals surface area contributed by atoms with Crippen molar-refractivity contribution in [1.29, 1.82) is 0 Å². The number of amides is 1. The molecule has 1 amide bonds. The van der Waals surface area contributed by atoms with Crippen LogP contribution in [0.2, 0.25) is 0 Å². The Kier molecular flexibility index (Phi) is 4.31. The molecule has 1 saturated carbocycles. The van der Waals surface area contributed by atoms with Crippen LogP contribution in [-0.4, -0.2) is 25.7 Å². The van der Waals surface area contributed by atoms with Gasteiger partial charge in [-0.15, -0.1) is 0 Å². The van der Waals surface area contributed by atoms with Gasteiger partial charge in [-0.25, -0.2) is 0 Å². The monoisotopic (exact) mass is 326 g/mol. The zero-order valence-electron chi connectivity index (χ0n) is 11.4. The van der Waals surface area contributed by atoms with Crippen molar-refractivity contribution in [3.63, 3.8) is 0 Å². The summed E-state index contributed by atoms with van der Waals surface area (Å²) in [6.07, 6.45) is 6.02. The number of hydrogen-bond acceptors (Lipinski definition) is 3. The van der Waals surface area contributed by atoms with E-state index in [9.17, 15) is 4.79 Å². The predicted octanol–water partition coefficient (Wildman–Crippen LogP) is 3.68. The lowest BCUT2D eigenvalue weighted by Gasteiger charge is -2.20. The number of halogens is 2. The molecule has 2 aromatic rings. The average molecular weight is 327 g/mol. The first-order valence-electron chi connectivity index (χ1n) is 7.09. The molecule has 0 spiro atoms. The molecule has 1 aliphatic carbocycles. The van der Waals surface area contributed by atoms with Crippen LogP contribution >= 0.6 is 23.2 Å². The number of benzene rings is 1. The van der Waals surface area contributed by atoms with Gasteiger partial charge in [-0.2, -0.15) is 15.0 Å². The maximum atomic E-state index is 11.5. The van der Waals surface area contributed by atoms with Crippen LogP contribution in [0.5, 0.6) is 0 Å². The van der Waals surface area contributed by atoms with Crippen molar-refractivity contribution >= 4 is 45.8 Å². The van der Waals surface area contributed by atoms with Gasteiger partial charge >= 0.3 is 0 Å². The van der Waals surface area contributed by atoms with Crippen LogP contribution in [0.15, 0.2) is 18.2 Å². The van der Waals surface area contributed by atoms with Crippen molar-refractivity contribution in [2.75, 3.05) is 5.32 Å². The number of rotatable bonds is 3. The van der Waals surface area contributed by atoms with Crippen LogP contribution in [0, 0.1) is 0 Å². The van der Waals surface area contributed by atoms with E-state index in [1.54, 1.807) is 12.1 Å². The summed E-state index contributed by atoms with van der Waals surface area (Å²) in [5.41, 5.74) is 2.21. The molecule has 112 valence electrons. The van der Waals surface area contributed by atoms with Crippen molar-refractivity contribution in [3.05, 3.63) is 18.2 Å². The van der Waals surface area contributed by atoms with Gasteiger partial charge in [-0.3, -0.25) is 4.79 Å². The fraction of sp³-hybridized carbons (Fsp3) is 0.500. The number of aromatic nitrogens is 3. The summed E-state index contributed by atoms with van der Waals surface area (Å²) in [7, 11) is 0. The van der Waals surface area contributed by atoms with Gasteiger partial charge in [0.1, 0.15) is 11.0 Å². The van der Waals surface area contributed by atoms with Crippen molar-refractivity contribution in [2.45, 2.75) is 43.0 Å².